The largest absolute Gasteiger partial charge is 0.384 e. The van der Waals surface area contributed by atoms with Gasteiger partial charge in [-0.15, -0.1) is 0 Å². The Morgan fingerprint density at radius 3 is 2.67 bits per heavy atom. The summed E-state index contributed by atoms with van der Waals surface area (Å²) >= 11 is 0. The summed E-state index contributed by atoms with van der Waals surface area (Å²) in [7, 11) is 4.33. The van der Waals surface area contributed by atoms with Crippen molar-refractivity contribution in [3.8, 4) is 0 Å². The highest BCUT2D eigenvalue weighted by Gasteiger charge is 2.28. The number of likely N-dealkylation sites (tertiary alicyclic amines) is 1. The molecule has 0 bridgehead atoms. The van der Waals surface area contributed by atoms with Crippen LogP contribution in [0.2, 0.25) is 0 Å². The van der Waals surface area contributed by atoms with Crippen molar-refractivity contribution in [3.63, 3.8) is 0 Å². The van der Waals surface area contributed by atoms with Gasteiger partial charge in [0.15, 0.2) is 0 Å². The third-order valence-corrected chi connectivity index (χ3v) is 4.75. The maximum absolute atomic E-state index is 10.8. The van der Waals surface area contributed by atoms with E-state index in [1.54, 1.807) is 0 Å². The number of aliphatic hydroxyl groups is 1. The number of hydrogen-bond donors (Lipinski definition) is 2. The fourth-order valence-corrected chi connectivity index (χ4v) is 3.15. The molecule has 2 unspecified atom stereocenters. The number of nitrogens with zero attached hydrogens (tertiary/aromatic N) is 2. The van der Waals surface area contributed by atoms with Crippen molar-refractivity contribution < 1.29 is 5.11 Å². The van der Waals surface area contributed by atoms with Gasteiger partial charge >= 0.3 is 0 Å². The molecule has 1 fully saturated rings. The Morgan fingerprint density at radius 1 is 1.38 bits per heavy atom. The Morgan fingerprint density at radius 2 is 2.10 bits per heavy atom. The molecule has 2 atom stereocenters. The van der Waals surface area contributed by atoms with E-state index in [9.17, 15) is 5.11 Å². The van der Waals surface area contributed by atoms with E-state index in [-0.39, 0.29) is 6.54 Å². The second-order valence-corrected chi connectivity index (χ2v) is 6.39. The minimum absolute atomic E-state index is 0.258. The molecule has 2 rings (SSSR count). The highest BCUT2D eigenvalue weighted by molar-refractivity contribution is 5.22. The summed E-state index contributed by atoms with van der Waals surface area (Å²) < 4.78 is 0. The zero-order chi connectivity index (χ0) is 15.3. The van der Waals surface area contributed by atoms with E-state index in [2.05, 4.69) is 23.9 Å². The highest BCUT2D eigenvalue weighted by Crippen LogP contribution is 2.24. The monoisotopic (exact) mass is 291 g/mol. The fourth-order valence-electron chi connectivity index (χ4n) is 3.15. The Kier molecular flexibility index (Phi) is 5.76. The first-order chi connectivity index (χ1) is 10.0. The van der Waals surface area contributed by atoms with Crippen molar-refractivity contribution in [1.82, 2.24) is 9.80 Å². The lowest BCUT2D eigenvalue weighted by molar-refractivity contribution is 0.0264. The van der Waals surface area contributed by atoms with Crippen LogP contribution >= 0.6 is 0 Å². The summed E-state index contributed by atoms with van der Waals surface area (Å²) in [4.78, 5) is 4.75. The van der Waals surface area contributed by atoms with Crippen LogP contribution < -0.4 is 5.73 Å². The molecule has 21 heavy (non-hydrogen) atoms. The maximum Gasteiger partial charge on any atom is 0.103 e. The van der Waals surface area contributed by atoms with Crippen molar-refractivity contribution >= 4 is 0 Å². The minimum Gasteiger partial charge on any atom is -0.384 e. The highest BCUT2D eigenvalue weighted by atomic mass is 16.3. The predicted octanol–water partition coefficient (Wildman–Crippen LogP) is 1.25. The average Bonchev–Trinajstić information content (AvgIpc) is 2.91. The summed E-state index contributed by atoms with van der Waals surface area (Å²) in [6.45, 7) is 3.38. The molecule has 0 spiro atoms. The topological polar surface area (TPSA) is 52.7 Å². The third kappa shape index (κ3) is 4.27. The van der Waals surface area contributed by atoms with Gasteiger partial charge in [-0.2, -0.15) is 0 Å². The SMILES string of the molecule is CN(CCC(O)(CN)c1ccccc1)CC1CCCN1C. The lowest BCUT2D eigenvalue weighted by Gasteiger charge is -2.31. The number of nitrogens with two attached hydrogens (primary N) is 1. The lowest BCUT2D eigenvalue weighted by atomic mass is 9.90. The van der Waals surface area contributed by atoms with Gasteiger partial charge in [0, 0.05) is 25.7 Å². The number of benzene rings is 1. The van der Waals surface area contributed by atoms with Gasteiger partial charge in [-0.1, -0.05) is 30.3 Å². The van der Waals surface area contributed by atoms with Gasteiger partial charge in [0.25, 0.3) is 0 Å². The molecule has 1 aromatic rings. The Bertz CT molecular complexity index is 425. The molecule has 1 aliphatic rings. The van der Waals surface area contributed by atoms with E-state index in [1.165, 1.54) is 19.4 Å². The number of hydrogen-bond acceptors (Lipinski definition) is 4. The molecular weight excluding hydrogens is 262 g/mol. The molecule has 0 saturated carbocycles. The zero-order valence-electron chi connectivity index (χ0n) is 13.3. The van der Waals surface area contributed by atoms with E-state index < -0.39 is 5.60 Å². The molecule has 0 aromatic heterocycles. The molecule has 0 aliphatic carbocycles. The second kappa shape index (κ2) is 7.36. The van der Waals surface area contributed by atoms with Gasteiger partial charge in [0.1, 0.15) is 5.60 Å². The molecule has 4 nitrogen and oxygen atoms in total. The lowest BCUT2D eigenvalue weighted by Crippen LogP contribution is -2.41. The molecule has 118 valence electrons. The zero-order valence-corrected chi connectivity index (χ0v) is 13.3. The number of likely N-dealkylation sites (N-methyl/N-ethyl adjacent to an activating group) is 2. The van der Waals surface area contributed by atoms with E-state index >= 15 is 0 Å². The van der Waals surface area contributed by atoms with Crippen LogP contribution in [0.15, 0.2) is 30.3 Å². The molecule has 1 aromatic carbocycles. The van der Waals surface area contributed by atoms with E-state index in [4.69, 9.17) is 5.73 Å². The first-order valence-electron chi connectivity index (χ1n) is 7.92. The predicted molar refractivity (Wildman–Crippen MR) is 87.2 cm³/mol. The molecule has 0 amide bonds. The van der Waals surface area contributed by atoms with Crippen LogP contribution in [0.3, 0.4) is 0 Å². The Balaban J connectivity index is 1.87. The average molecular weight is 291 g/mol. The van der Waals surface area contributed by atoms with Gasteiger partial charge in [-0.3, -0.25) is 0 Å². The van der Waals surface area contributed by atoms with Crippen LogP contribution in [0.25, 0.3) is 0 Å². The molecular formula is C17H29N3O. The first kappa shape index (κ1) is 16.4. The molecule has 1 saturated heterocycles. The summed E-state index contributed by atoms with van der Waals surface area (Å²) in [6, 6.07) is 10.4. The van der Waals surface area contributed by atoms with Crippen molar-refractivity contribution in [3.05, 3.63) is 35.9 Å². The minimum atomic E-state index is -0.920. The standard InChI is InChI=1S/C17H29N3O/c1-19(13-16-9-6-11-20(16)2)12-10-17(21,14-18)15-7-4-3-5-8-15/h3-5,7-8,16,21H,6,9-14,18H2,1-2H3. The first-order valence-corrected chi connectivity index (χ1v) is 7.92. The summed E-state index contributed by atoms with van der Waals surface area (Å²) in [5.41, 5.74) is 5.83. The second-order valence-electron chi connectivity index (χ2n) is 6.39. The van der Waals surface area contributed by atoms with E-state index in [1.807, 2.05) is 30.3 Å². The Labute approximate surface area is 128 Å². The van der Waals surface area contributed by atoms with Crippen molar-refractivity contribution in [2.24, 2.45) is 5.73 Å². The molecule has 3 N–H and O–H groups in total. The van der Waals surface area contributed by atoms with E-state index in [0.29, 0.717) is 12.5 Å². The van der Waals surface area contributed by atoms with Gasteiger partial charge in [-0.05, 0) is 45.5 Å². The summed E-state index contributed by atoms with van der Waals surface area (Å²) in [6.07, 6.45) is 3.24. The maximum atomic E-state index is 10.8. The smallest absolute Gasteiger partial charge is 0.103 e. The quantitative estimate of drug-likeness (QED) is 0.794. The number of rotatable bonds is 7. The molecule has 1 heterocycles. The van der Waals surface area contributed by atoms with Gasteiger partial charge in [-0.25, -0.2) is 0 Å². The molecule has 1 aliphatic heterocycles. The van der Waals surface area contributed by atoms with Crippen molar-refractivity contribution in [2.75, 3.05) is 40.3 Å². The molecule has 0 radical (unpaired) electrons. The summed E-state index contributed by atoms with van der Waals surface area (Å²) in [5.74, 6) is 0. The van der Waals surface area contributed by atoms with E-state index in [0.717, 1.165) is 18.7 Å². The van der Waals surface area contributed by atoms with Crippen LogP contribution in [0.1, 0.15) is 24.8 Å². The summed E-state index contributed by atoms with van der Waals surface area (Å²) in [5, 5.41) is 10.8. The normalized spacial score (nSPS) is 22.6. The van der Waals surface area contributed by atoms with Gasteiger partial charge in [0.05, 0.1) is 0 Å². The van der Waals surface area contributed by atoms with Crippen molar-refractivity contribution in [2.45, 2.75) is 30.9 Å². The van der Waals surface area contributed by atoms with Crippen LogP contribution in [0, 0.1) is 0 Å². The fraction of sp³-hybridized carbons (Fsp3) is 0.647. The van der Waals surface area contributed by atoms with Crippen molar-refractivity contribution in [1.29, 1.82) is 0 Å². The Hall–Kier alpha value is -0.940. The third-order valence-electron chi connectivity index (χ3n) is 4.75. The van der Waals surface area contributed by atoms with Crippen LogP contribution in [-0.4, -0.2) is 61.2 Å². The van der Waals surface area contributed by atoms with Crippen LogP contribution in [-0.2, 0) is 5.60 Å². The molecule has 4 heteroatoms. The van der Waals surface area contributed by atoms with Crippen LogP contribution in [0.5, 0.6) is 0 Å². The van der Waals surface area contributed by atoms with Gasteiger partial charge < -0.3 is 20.6 Å². The van der Waals surface area contributed by atoms with Crippen LogP contribution in [0.4, 0.5) is 0 Å². The van der Waals surface area contributed by atoms with Gasteiger partial charge in [0.2, 0.25) is 0 Å².